The predicted molar refractivity (Wildman–Crippen MR) is 73.1 cm³/mol. The van der Waals surface area contributed by atoms with Gasteiger partial charge in [0.2, 0.25) is 0 Å². The topological polar surface area (TPSA) is 83.3 Å². The van der Waals surface area contributed by atoms with Crippen molar-refractivity contribution in [2.75, 3.05) is 0 Å². The zero-order chi connectivity index (χ0) is 13.8. The summed E-state index contributed by atoms with van der Waals surface area (Å²) in [6.45, 7) is 1.58. The highest BCUT2D eigenvalue weighted by atomic mass is 32.2. The Labute approximate surface area is 114 Å². The molecular weight excluding hydrogens is 264 g/mol. The summed E-state index contributed by atoms with van der Waals surface area (Å²) in [7, 11) is 0. The van der Waals surface area contributed by atoms with E-state index in [-0.39, 0.29) is 6.42 Å². The van der Waals surface area contributed by atoms with Crippen molar-refractivity contribution < 1.29 is 15.0 Å². The fourth-order valence-corrected chi connectivity index (χ4v) is 2.87. The normalized spacial score (nSPS) is 14.2. The quantitative estimate of drug-likeness (QED) is 0.642. The number of hydrogen-bond acceptors (Lipinski definition) is 5. The first-order valence-corrected chi connectivity index (χ1v) is 6.73. The van der Waals surface area contributed by atoms with Crippen molar-refractivity contribution in [1.82, 2.24) is 9.97 Å². The molecule has 6 heteroatoms. The van der Waals surface area contributed by atoms with Crippen molar-refractivity contribution in [3.63, 3.8) is 0 Å². The van der Waals surface area contributed by atoms with E-state index in [0.717, 1.165) is 22.7 Å². The molecule has 0 saturated heterocycles. The minimum absolute atomic E-state index is 0.179. The molecule has 2 N–H and O–H groups in total. The maximum atomic E-state index is 11.2. The first-order chi connectivity index (χ1) is 9.08. The predicted octanol–water partition coefficient (Wildman–Crippen LogP) is 1.95. The van der Waals surface area contributed by atoms with Gasteiger partial charge in [-0.2, -0.15) is 0 Å². The van der Waals surface area contributed by atoms with Crippen molar-refractivity contribution in [3.8, 4) is 0 Å². The molecule has 0 aliphatic rings. The third-order valence-corrected chi connectivity index (χ3v) is 3.82. The highest BCUT2D eigenvalue weighted by Gasteiger charge is 2.22. The van der Waals surface area contributed by atoms with Crippen LogP contribution in [0.5, 0.6) is 0 Å². The molecule has 0 aliphatic carbocycles. The number of aromatic nitrogens is 2. The van der Waals surface area contributed by atoms with E-state index in [1.807, 2.05) is 24.3 Å². The highest BCUT2D eigenvalue weighted by Crippen LogP contribution is 2.30. The summed E-state index contributed by atoms with van der Waals surface area (Å²) in [5, 5.41) is 19.3. The van der Waals surface area contributed by atoms with Gasteiger partial charge in [-0.1, -0.05) is 30.0 Å². The largest absolute Gasteiger partial charge is 0.480 e. The number of carboxylic acid groups (broad SMARTS) is 1. The number of aliphatic hydroxyl groups is 1. The van der Waals surface area contributed by atoms with Crippen molar-refractivity contribution in [3.05, 3.63) is 30.6 Å². The summed E-state index contributed by atoms with van der Waals surface area (Å²) in [6.07, 6.45) is 0.936. The Balaban J connectivity index is 2.31. The summed E-state index contributed by atoms with van der Waals surface area (Å²) >= 11 is 1.14. The van der Waals surface area contributed by atoms with E-state index in [2.05, 4.69) is 9.97 Å². The molecule has 0 saturated carbocycles. The molecule has 0 bridgehead atoms. The van der Waals surface area contributed by atoms with E-state index in [1.165, 1.54) is 6.33 Å². The van der Waals surface area contributed by atoms with Crippen LogP contribution in [0.1, 0.15) is 13.3 Å². The molecule has 1 aromatic heterocycles. The molecule has 19 heavy (non-hydrogen) atoms. The molecule has 2 atom stereocenters. The van der Waals surface area contributed by atoms with Crippen molar-refractivity contribution in [1.29, 1.82) is 0 Å². The number of fused-ring (bicyclic) bond motifs is 1. The Morgan fingerprint density at radius 1 is 1.37 bits per heavy atom. The van der Waals surface area contributed by atoms with Gasteiger partial charge in [-0.15, -0.1) is 0 Å². The third kappa shape index (κ3) is 3.42. The molecule has 0 unspecified atom stereocenters. The van der Waals surface area contributed by atoms with Crippen LogP contribution in [0.3, 0.4) is 0 Å². The zero-order valence-corrected chi connectivity index (χ0v) is 11.2. The van der Waals surface area contributed by atoms with Crippen LogP contribution in [0, 0.1) is 0 Å². The number of aliphatic hydroxyl groups excluding tert-OH is 1. The van der Waals surface area contributed by atoms with E-state index in [4.69, 9.17) is 0 Å². The summed E-state index contributed by atoms with van der Waals surface area (Å²) < 4.78 is 0. The Bertz CT molecular complexity index is 584. The number of thioether (sulfide) groups is 1. The Morgan fingerprint density at radius 2 is 2.11 bits per heavy atom. The summed E-state index contributed by atoms with van der Waals surface area (Å²) in [6, 6.07) is 7.44. The standard InChI is InChI=1S/C13H14N2O3S/c1-8(16)6-11(13(17)18)19-12-9-4-2-3-5-10(9)14-7-15-12/h2-5,7-8,11,16H,6H2,1H3,(H,17,18)/t8-,11-/m0/s1. The summed E-state index contributed by atoms with van der Waals surface area (Å²) in [4.78, 5) is 19.5. The average molecular weight is 278 g/mol. The van der Waals surface area contributed by atoms with Gasteiger partial charge in [0.05, 0.1) is 11.6 Å². The minimum atomic E-state index is -0.950. The van der Waals surface area contributed by atoms with Crippen LogP contribution in [0.4, 0.5) is 0 Å². The average Bonchev–Trinajstić information content (AvgIpc) is 2.37. The van der Waals surface area contributed by atoms with Gasteiger partial charge in [0, 0.05) is 5.39 Å². The van der Waals surface area contributed by atoms with Gasteiger partial charge in [0.25, 0.3) is 0 Å². The molecule has 0 aliphatic heterocycles. The van der Waals surface area contributed by atoms with Gasteiger partial charge in [-0.05, 0) is 19.4 Å². The summed E-state index contributed by atoms with van der Waals surface area (Å²) in [5.41, 5.74) is 0.779. The lowest BCUT2D eigenvalue weighted by Crippen LogP contribution is -2.21. The van der Waals surface area contributed by atoms with Crippen LogP contribution in [0.2, 0.25) is 0 Å². The fraction of sp³-hybridized carbons (Fsp3) is 0.308. The Morgan fingerprint density at radius 3 is 2.79 bits per heavy atom. The Hall–Kier alpha value is -1.66. The van der Waals surface area contributed by atoms with E-state index in [0.29, 0.717) is 5.03 Å². The smallest absolute Gasteiger partial charge is 0.317 e. The molecule has 100 valence electrons. The van der Waals surface area contributed by atoms with E-state index < -0.39 is 17.3 Å². The maximum absolute atomic E-state index is 11.2. The number of rotatable bonds is 5. The van der Waals surface area contributed by atoms with Gasteiger partial charge < -0.3 is 10.2 Å². The number of benzene rings is 1. The molecular formula is C13H14N2O3S. The van der Waals surface area contributed by atoms with Crippen LogP contribution in [-0.4, -0.2) is 37.5 Å². The number of nitrogens with zero attached hydrogens (tertiary/aromatic N) is 2. The first kappa shape index (κ1) is 13.8. The van der Waals surface area contributed by atoms with Gasteiger partial charge in [0.15, 0.2) is 0 Å². The molecule has 5 nitrogen and oxygen atoms in total. The van der Waals surface area contributed by atoms with Crippen molar-refractivity contribution in [2.45, 2.75) is 29.7 Å². The number of aliphatic carboxylic acids is 1. The van der Waals surface area contributed by atoms with E-state index in [1.54, 1.807) is 6.92 Å². The van der Waals surface area contributed by atoms with Crippen molar-refractivity contribution >= 4 is 28.6 Å². The minimum Gasteiger partial charge on any atom is -0.480 e. The molecule has 1 heterocycles. The number of para-hydroxylation sites is 1. The van der Waals surface area contributed by atoms with Crippen LogP contribution >= 0.6 is 11.8 Å². The molecule has 2 rings (SSSR count). The molecule has 0 amide bonds. The highest BCUT2D eigenvalue weighted by molar-refractivity contribution is 8.00. The van der Waals surface area contributed by atoms with Crippen molar-refractivity contribution in [2.24, 2.45) is 0 Å². The lowest BCUT2D eigenvalue weighted by molar-refractivity contribution is -0.136. The summed E-state index contributed by atoms with van der Waals surface area (Å²) in [5.74, 6) is -0.950. The first-order valence-electron chi connectivity index (χ1n) is 5.85. The second-order valence-electron chi connectivity index (χ2n) is 4.23. The lowest BCUT2D eigenvalue weighted by Gasteiger charge is -2.13. The molecule has 2 aromatic rings. The monoisotopic (exact) mass is 278 g/mol. The van der Waals surface area contributed by atoms with Crippen LogP contribution in [0.15, 0.2) is 35.6 Å². The maximum Gasteiger partial charge on any atom is 0.317 e. The van der Waals surface area contributed by atoms with E-state index >= 15 is 0 Å². The van der Waals surface area contributed by atoms with Crippen LogP contribution in [-0.2, 0) is 4.79 Å². The van der Waals surface area contributed by atoms with Crippen LogP contribution in [0.25, 0.3) is 10.9 Å². The number of hydrogen-bond donors (Lipinski definition) is 2. The van der Waals surface area contributed by atoms with Gasteiger partial charge in [-0.3, -0.25) is 4.79 Å². The molecule has 0 fully saturated rings. The van der Waals surface area contributed by atoms with Crippen LogP contribution < -0.4 is 0 Å². The second kappa shape index (κ2) is 5.99. The number of carbonyl (C=O) groups is 1. The Kier molecular flexibility index (Phi) is 4.34. The molecule has 1 aromatic carbocycles. The van der Waals surface area contributed by atoms with E-state index in [9.17, 15) is 15.0 Å². The number of carboxylic acids is 1. The molecule has 0 radical (unpaired) electrons. The third-order valence-electron chi connectivity index (χ3n) is 2.59. The van der Waals surface area contributed by atoms with Gasteiger partial charge >= 0.3 is 5.97 Å². The fourth-order valence-electron chi connectivity index (χ4n) is 1.72. The lowest BCUT2D eigenvalue weighted by atomic mass is 10.2. The second-order valence-corrected chi connectivity index (χ2v) is 5.42. The zero-order valence-electron chi connectivity index (χ0n) is 10.4. The van der Waals surface area contributed by atoms with Gasteiger partial charge in [-0.25, -0.2) is 9.97 Å². The van der Waals surface area contributed by atoms with Gasteiger partial charge in [0.1, 0.15) is 16.6 Å². The molecule has 0 spiro atoms. The SMILES string of the molecule is C[C@H](O)C[C@H](Sc1ncnc2ccccc12)C(=O)O.